The number of halogens is 3. The molecule has 0 spiro atoms. The van der Waals surface area contributed by atoms with E-state index in [1.165, 1.54) is 0 Å². The van der Waals surface area contributed by atoms with Gasteiger partial charge in [0.1, 0.15) is 10.9 Å². The van der Waals surface area contributed by atoms with Crippen molar-refractivity contribution in [3.8, 4) is 6.07 Å². The minimum Gasteiger partial charge on any atom is -0.343 e. The molecule has 112 valence electrons. The van der Waals surface area contributed by atoms with Gasteiger partial charge in [-0.3, -0.25) is 4.79 Å². The number of rotatable bonds is 3. The van der Waals surface area contributed by atoms with Crippen molar-refractivity contribution in [1.29, 1.82) is 5.26 Å². The van der Waals surface area contributed by atoms with E-state index in [4.69, 9.17) is 28.5 Å². The molecule has 6 heteroatoms. The van der Waals surface area contributed by atoms with Crippen molar-refractivity contribution in [3.63, 3.8) is 0 Å². The highest BCUT2D eigenvalue weighted by Crippen LogP contribution is 2.48. The van der Waals surface area contributed by atoms with Gasteiger partial charge in [0, 0.05) is 10.4 Å². The molecule has 0 aromatic heterocycles. The van der Waals surface area contributed by atoms with Gasteiger partial charge in [-0.25, -0.2) is 0 Å². The summed E-state index contributed by atoms with van der Waals surface area (Å²) in [6, 6.07) is 9.78. The normalized spacial score (nSPS) is 24.1. The fourth-order valence-electron chi connectivity index (χ4n) is 2.82. The monoisotopic (exact) mass is 388 g/mol. The van der Waals surface area contributed by atoms with Gasteiger partial charge in [-0.2, -0.15) is 5.26 Å². The molecule has 0 bridgehead atoms. The summed E-state index contributed by atoms with van der Waals surface area (Å²) in [5.41, 5.74) is 1.08. The van der Waals surface area contributed by atoms with E-state index < -0.39 is 4.33 Å². The van der Waals surface area contributed by atoms with Crippen molar-refractivity contribution >= 4 is 45.0 Å². The molecule has 2 unspecified atom stereocenters. The number of nitrogens with zero attached hydrogens (tertiary/aromatic N) is 1. The summed E-state index contributed by atoms with van der Waals surface area (Å²) in [6.45, 7) is -0.00438. The molecule has 1 saturated carbocycles. The standard InChI is InChI=1S/C15H15BrCl2N2O/c16-13-4-2-1-3-11(13)10-5-6-15(17,18)9-12(10)14(21)20-8-7-19/h1-4,10,12H,5-6,8-9H2,(H,20,21). The molecule has 1 N–H and O–H groups in total. The third-order valence-corrected chi connectivity index (χ3v) is 5.22. The van der Waals surface area contributed by atoms with Gasteiger partial charge in [-0.15, -0.1) is 23.2 Å². The van der Waals surface area contributed by atoms with Crippen LogP contribution in [0.3, 0.4) is 0 Å². The van der Waals surface area contributed by atoms with Gasteiger partial charge in [0.25, 0.3) is 0 Å². The van der Waals surface area contributed by atoms with Crippen LogP contribution in [-0.2, 0) is 4.79 Å². The molecular weight excluding hydrogens is 375 g/mol. The summed E-state index contributed by atoms with van der Waals surface area (Å²) >= 11 is 16.0. The quantitative estimate of drug-likeness (QED) is 0.623. The lowest BCUT2D eigenvalue weighted by molar-refractivity contribution is -0.126. The molecule has 0 saturated heterocycles. The Morgan fingerprint density at radius 3 is 2.86 bits per heavy atom. The Hall–Kier alpha value is -0.760. The average molecular weight is 390 g/mol. The summed E-state index contributed by atoms with van der Waals surface area (Å²) in [5, 5.41) is 11.2. The third kappa shape index (κ3) is 4.12. The largest absolute Gasteiger partial charge is 0.343 e. The maximum Gasteiger partial charge on any atom is 0.224 e. The number of benzene rings is 1. The first-order valence-corrected chi connectivity index (χ1v) is 8.26. The van der Waals surface area contributed by atoms with Gasteiger partial charge < -0.3 is 5.32 Å². The molecular formula is C15H15BrCl2N2O. The highest BCUT2D eigenvalue weighted by Gasteiger charge is 2.42. The van der Waals surface area contributed by atoms with Gasteiger partial charge in [-0.1, -0.05) is 34.1 Å². The molecule has 3 nitrogen and oxygen atoms in total. The zero-order valence-corrected chi connectivity index (χ0v) is 14.4. The van der Waals surface area contributed by atoms with E-state index in [1.807, 2.05) is 30.3 Å². The van der Waals surface area contributed by atoms with E-state index >= 15 is 0 Å². The smallest absolute Gasteiger partial charge is 0.224 e. The molecule has 1 amide bonds. The van der Waals surface area contributed by atoms with Crippen LogP contribution in [-0.4, -0.2) is 16.8 Å². The first kappa shape index (κ1) is 16.6. The van der Waals surface area contributed by atoms with Crippen LogP contribution in [0.2, 0.25) is 0 Å². The Kier molecular flexibility index (Phi) is 5.54. The lowest BCUT2D eigenvalue weighted by atomic mass is 9.74. The molecule has 1 aromatic carbocycles. The van der Waals surface area contributed by atoms with Crippen LogP contribution >= 0.6 is 39.1 Å². The Labute approximate surface area is 142 Å². The first-order valence-electron chi connectivity index (χ1n) is 6.71. The van der Waals surface area contributed by atoms with E-state index in [2.05, 4.69) is 21.2 Å². The van der Waals surface area contributed by atoms with E-state index in [1.54, 1.807) is 0 Å². The Morgan fingerprint density at radius 2 is 2.19 bits per heavy atom. The van der Waals surface area contributed by atoms with Crippen molar-refractivity contribution < 1.29 is 4.79 Å². The van der Waals surface area contributed by atoms with Gasteiger partial charge in [0.15, 0.2) is 0 Å². The van der Waals surface area contributed by atoms with E-state index in [0.29, 0.717) is 12.8 Å². The fraction of sp³-hybridized carbons (Fsp3) is 0.467. The van der Waals surface area contributed by atoms with Gasteiger partial charge >= 0.3 is 0 Å². The number of nitriles is 1. The molecule has 1 aromatic rings. The molecule has 0 heterocycles. The zero-order valence-electron chi connectivity index (χ0n) is 11.3. The summed E-state index contributed by atoms with van der Waals surface area (Å²) in [5.74, 6) is -0.451. The molecule has 21 heavy (non-hydrogen) atoms. The average Bonchev–Trinajstić information content (AvgIpc) is 2.45. The van der Waals surface area contributed by atoms with Crippen LogP contribution in [0.1, 0.15) is 30.7 Å². The third-order valence-electron chi connectivity index (χ3n) is 3.81. The lowest BCUT2D eigenvalue weighted by Gasteiger charge is -2.37. The fourth-order valence-corrected chi connectivity index (χ4v) is 3.94. The maximum atomic E-state index is 12.3. The van der Waals surface area contributed by atoms with Gasteiger partial charge in [0.2, 0.25) is 5.91 Å². The van der Waals surface area contributed by atoms with E-state index in [-0.39, 0.29) is 24.3 Å². The predicted molar refractivity (Wildman–Crippen MR) is 87.3 cm³/mol. The SMILES string of the molecule is N#CCNC(=O)C1CC(Cl)(Cl)CCC1c1ccccc1Br. The molecule has 0 radical (unpaired) electrons. The van der Waals surface area contributed by atoms with E-state index in [9.17, 15) is 4.79 Å². The van der Waals surface area contributed by atoms with Crippen LogP contribution < -0.4 is 5.32 Å². The minimum absolute atomic E-state index is 0.00438. The first-order chi connectivity index (χ1) is 9.94. The van der Waals surface area contributed by atoms with Gasteiger partial charge in [-0.05, 0) is 36.8 Å². The molecule has 1 aliphatic carbocycles. The van der Waals surface area contributed by atoms with Crippen molar-refractivity contribution in [2.45, 2.75) is 29.5 Å². The number of amides is 1. The summed E-state index contributed by atoms with van der Waals surface area (Å²) < 4.78 is 0.0941. The number of carbonyl (C=O) groups excluding carboxylic acids is 1. The molecule has 0 aliphatic heterocycles. The van der Waals surface area contributed by atoms with Crippen LogP contribution in [0.5, 0.6) is 0 Å². The van der Waals surface area contributed by atoms with Crippen molar-refractivity contribution in [3.05, 3.63) is 34.3 Å². The molecule has 2 atom stereocenters. The summed E-state index contributed by atoms with van der Waals surface area (Å²) in [4.78, 5) is 12.3. The summed E-state index contributed by atoms with van der Waals surface area (Å²) in [6.07, 6.45) is 1.77. The Balaban J connectivity index is 2.27. The van der Waals surface area contributed by atoms with Crippen molar-refractivity contribution in [2.24, 2.45) is 5.92 Å². The Morgan fingerprint density at radius 1 is 1.48 bits per heavy atom. The number of carbonyl (C=O) groups is 1. The van der Waals surface area contributed by atoms with Crippen LogP contribution in [0.15, 0.2) is 28.7 Å². The maximum absolute atomic E-state index is 12.3. The van der Waals surface area contributed by atoms with Crippen molar-refractivity contribution in [1.82, 2.24) is 5.32 Å². The molecule has 1 fully saturated rings. The Bertz CT molecular complexity index is 571. The highest BCUT2D eigenvalue weighted by atomic mass is 79.9. The van der Waals surface area contributed by atoms with Gasteiger partial charge in [0.05, 0.1) is 6.07 Å². The van der Waals surface area contributed by atoms with E-state index in [0.717, 1.165) is 16.5 Å². The predicted octanol–water partition coefficient (Wildman–Crippen LogP) is 4.15. The van der Waals surface area contributed by atoms with Crippen LogP contribution in [0.25, 0.3) is 0 Å². The minimum atomic E-state index is -0.883. The number of nitrogens with one attached hydrogen (secondary N) is 1. The number of hydrogen-bond acceptors (Lipinski definition) is 2. The molecule has 1 aliphatic rings. The second-order valence-corrected chi connectivity index (χ2v) is 7.70. The number of hydrogen-bond donors (Lipinski definition) is 1. The second kappa shape index (κ2) is 7.00. The highest BCUT2D eigenvalue weighted by molar-refractivity contribution is 9.10. The lowest BCUT2D eigenvalue weighted by Crippen LogP contribution is -2.40. The second-order valence-electron chi connectivity index (χ2n) is 5.21. The van der Waals surface area contributed by atoms with Crippen molar-refractivity contribution in [2.75, 3.05) is 6.54 Å². The zero-order chi connectivity index (χ0) is 15.5. The topological polar surface area (TPSA) is 52.9 Å². The van der Waals surface area contributed by atoms with Crippen LogP contribution in [0.4, 0.5) is 0 Å². The molecule has 2 rings (SSSR count). The summed E-state index contributed by atoms with van der Waals surface area (Å²) in [7, 11) is 0. The van der Waals surface area contributed by atoms with Crippen LogP contribution in [0, 0.1) is 17.2 Å². The number of alkyl halides is 2.